The van der Waals surface area contributed by atoms with Gasteiger partial charge in [-0.05, 0) is 203 Å². The highest BCUT2D eigenvalue weighted by Crippen LogP contribution is 2.54. The fourth-order valence-corrected chi connectivity index (χ4v) is 24.8. The molecule has 0 fully saturated rings. The molecular weight excluding hydrogens is 1530 g/mol. The molecule has 24 aromatic carbocycles. The van der Waals surface area contributed by atoms with Crippen LogP contribution in [0.1, 0.15) is 0 Å². The van der Waals surface area contributed by atoms with Crippen molar-refractivity contribution in [2.24, 2.45) is 0 Å². The Bertz CT molecular complexity index is 10200. The third-order valence-electron chi connectivity index (χ3n) is 28.6. The minimum Gasteiger partial charge on any atom is -0.455 e. The van der Waals surface area contributed by atoms with Gasteiger partial charge in [0.15, 0.2) is 0 Å². The lowest BCUT2D eigenvalue weighted by molar-refractivity contribution is 0.670. The topological polar surface area (TPSA) is 26.4 Å². The number of hydrogen-bond donors (Lipinski definition) is 0. The van der Waals surface area contributed by atoms with Crippen molar-refractivity contribution in [3.63, 3.8) is 0 Å². The van der Waals surface area contributed by atoms with E-state index in [1.807, 2.05) is 17.4 Å². The van der Waals surface area contributed by atoms with Gasteiger partial charge < -0.3 is 17.6 Å². The van der Waals surface area contributed by atoms with E-state index in [2.05, 4.69) is 401 Å². The number of fused-ring (bicyclic) bond motifs is 33. The van der Waals surface area contributed by atoms with Crippen molar-refractivity contribution in [1.29, 1.82) is 0 Å². The number of nitrogens with zero attached hydrogens (tertiary/aromatic N) is 3. The standard InChI is InChI=1S/C42H23NS.C42H23N.C36H19NO/c1-2-9-24(10-3-1)26-13-6-16-33-34-17-7-14-27(42(34)44-41(26)33)25-19-22-36-35(23-25)32-21-20-31-29-12-5-4-11-28(29)30-15-8-18-37-38(30)39(31)40(32)43(36)37;1-2-10-28-26(8-1)27-9-3-6-13-31(27)36-22-24(16-18-32(28)36)25-17-21-38-37(23-25)35-20-19-34-30-12-5-4-11-29(30)33-14-7-15-39-40(33)41(34)42(35)43(38)39;1-2-8-23-22(7-1)25-11-6-13-31-33(25)34-26(23)16-17-27-29-19-20(15-18-30(29)37(31)35(27)34)21-10-5-12-28-24-9-3-4-14-32(24)38-36(21)28/h1-23H;1-23H;1-19H. The Morgan fingerprint density at radius 2 is 0.448 bits per heavy atom. The second-order valence-corrected chi connectivity index (χ2v) is 35.6. The van der Waals surface area contributed by atoms with Gasteiger partial charge in [-0.2, -0.15) is 0 Å². The number of aromatic nitrogens is 3. The zero-order valence-electron chi connectivity index (χ0n) is 67.2. The van der Waals surface area contributed by atoms with Gasteiger partial charge in [0.05, 0.1) is 49.7 Å². The summed E-state index contributed by atoms with van der Waals surface area (Å²) in [6.45, 7) is 0. The van der Waals surface area contributed by atoms with Gasteiger partial charge in [-0.15, -0.1) is 11.3 Å². The van der Waals surface area contributed by atoms with E-state index in [-0.39, 0.29) is 0 Å². The molecule has 0 aliphatic heterocycles. The summed E-state index contributed by atoms with van der Waals surface area (Å²) < 4.78 is 16.6. The van der Waals surface area contributed by atoms with Crippen LogP contribution in [-0.2, 0) is 0 Å². The summed E-state index contributed by atoms with van der Waals surface area (Å²) in [6, 6.07) is 146. The quantitative estimate of drug-likeness (QED) is 0.161. The summed E-state index contributed by atoms with van der Waals surface area (Å²) in [5.74, 6) is 0. The van der Waals surface area contributed by atoms with Crippen molar-refractivity contribution in [3.05, 3.63) is 394 Å². The molecule has 0 aliphatic rings. The van der Waals surface area contributed by atoms with Crippen molar-refractivity contribution in [2.45, 2.75) is 0 Å². The molecule has 8 heterocycles. The maximum Gasteiger partial charge on any atom is 0.143 e. The Morgan fingerprint density at radius 3 is 0.896 bits per heavy atom. The first kappa shape index (κ1) is 66.6. The van der Waals surface area contributed by atoms with Crippen LogP contribution in [0.2, 0.25) is 0 Å². The molecule has 32 aromatic rings. The first-order valence-corrected chi connectivity index (χ1v) is 44.2. The van der Waals surface area contributed by atoms with E-state index in [9.17, 15) is 0 Å². The third-order valence-corrected chi connectivity index (χ3v) is 29.9. The predicted molar refractivity (Wildman–Crippen MR) is 536 cm³/mol. The summed E-state index contributed by atoms with van der Waals surface area (Å²) in [4.78, 5) is 0. The zero-order valence-corrected chi connectivity index (χ0v) is 68.0. The second kappa shape index (κ2) is 24.3. The normalized spacial score (nSPS) is 12.6. The maximum atomic E-state index is 6.38. The lowest BCUT2D eigenvalue weighted by Gasteiger charge is -2.12. The molecule has 0 aliphatic carbocycles. The Kier molecular flexibility index (Phi) is 13.0. The number of rotatable bonds is 4. The van der Waals surface area contributed by atoms with E-state index >= 15 is 0 Å². The van der Waals surface area contributed by atoms with E-state index in [1.54, 1.807) is 0 Å². The average Bonchev–Trinajstić information content (AvgIpc) is 1.53. The predicted octanol–water partition coefficient (Wildman–Crippen LogP) is 34.1. The van der Waals surface area contributed by atoms with Crippen molar-refractivity contribution in [1.82, 2.24) is 13.2 Å². The molecule has 0 saturated heterocycles. The van der Waals surface area contributed by atoms with Gasteiger partial charge in [0.1, 0.15) is 11.2 Å². The molecule has 0 N–H and O–H groups in total. The van der Waals surface area contributed by atoms with Crippen LogP contribution >= 0.6 is 11.3 Å². The average molecular weight is 1600 g/mol. The smallest absolute Gasteiger partial charge is 0.143 e. The summed E-state index contributed by atoms with van der Waals surface area (Å²) in [6.07, 6.45) is 0. The Balaban J connectivity index is 0.0000000921. The van der Waals surface area contributed by atoms with Gasteiger partial charge in [-0.25, -0.2) is 0 Å². The lowest BCUT2D eigenvalue weighted by atomic mass is 9.91. The van der Waals surface area contributed by atoms with Crippen molar-refractivity contribution in [2.75, 3.05) is 0 Å². The van der Waals surface area contributed by atoms with Crippen LogP contribution in [0.5, 0.6) is 0 Å². The number of furan rings is 1. The number of hydrogen-bond acceptors (Lipinski definition) is 2. The first-order valence-electron chi connectivity index (χ1n) is 43.4. The van der Waals surface area contributed by atoms with Gasteiger partial charge in [0.25, 0.3) is 0 Å². The molecule has 32 rings (SSSR count). The molecule has 572 valence electrons. The fourth-order valence-electron chi connectivity index (χ4n) is 23.5. The molecule has 0 amide bonds. The first-order chi connectivity index (χ1) is 62.1. The van der Waals surface area contributed by atoms with Crippen molar-refractivity contribution in [3.8, 4) is 44.5 Å². The summed E-state index contributed by atoms with van der Waals surface area (Å²) >= 11 is 1.92. The lowest BCUT2D eigenvalue weighted by Crippen LogP contribution is -1.86. The highest BCUT2D eigenvalue weighted by atomic mass is 32.1. The minimum absolute atomic E-state index is 0.932. The molecular formula is C120H65N3OS. The fraction of sp³-hybridized carbons (Fsp3) is 0. The van der Waals surface area contributed by atoms with Crippen LogP contribution in [-0.4, -0.2) is 13.2 Å². The number of benzene rings is 24. The van der Waals surface area contributed by atoms with E-state index in [0.29, 0.717) is 0 Å². The van der Waals surface area contributed by atoms with Crippen LogP contribution in [0.15, 0.2) is 399 Å². The highest BCUT2D eigenvalue weighted by Gasteiger charge is 2.29. The third kappa shape index (κ3) is 8.69. The van der Waals surface area contributed by atoms with E-state index in [4.69, 9.17) is 4.42 Å². The van der Waals surface area contributed by atoms with E-state index < -0.39 is 0 Å². The Hall–Kier alpha value is -16.2. The van der Waals surface area contributed by atoms with E-state index in [0.717, 1.165) is 27.5 Å². The molecule has 0 bridgehead atoms. The van der Waals surface area contributed by atoms with Crippen LogP contribution in [0.3, 0.4) is 0 Å². The number of thiophene rings is 1. The molecule has 0 spiro atoms. The zero-order chi connectivity index (χ0) is 80.9. The minimum atomic E-state index is 0.932. The molecule has 0 atom stereocenters. The van der Waals surface area contributed by atoms with Crippen molar-refractivity contribution >= 4 is 265 Å². The van der Waals surface area contributed by atoms with Gasteiger partial charge in [0, 0.05) is 101 Å². The Labute approximate surface area is 715 Å². The molecule has 0 saturated carbocycles. The highest BCUT2D eigenvalue weighted by molar-refractivity contribution is 7.27. The largest absolute Gasteiger partial charge is 0.455 e. The molecule has 8 aromatic heterocycles. The molecule has 0 radical (unpaired) electrons. The van der Waals surface area contributed by atoms with Crippen LogP contribution in [0, 0.1) is 0 Å². The Morgan fingerprint density at radius 1 is 0.160 bits per heavy atom. The summed E-state index contributed by atoms with van der Waals surface area (Å²) in [5.41, 5.74) is 23.5. The van der Waals surface area contributed by atoms with Gasteiger partial charge in [-0.1, -0.05) is 328 Å². The number of para-hydroxylation sites is 2. The van der Waals surface area contributed by atoms with Gasteiger partial charge in [0.2, 0.25) is 0 Å². The van der Waals surface area contributed by atoms with Gasteiger partial charge in [-0.3, -0.25) is 0 Å². The van der Waals surface area contributed by atoms with E-state index in [1.165, 1.54) is 270 Å². The SMILES string of the molecule is c1ccc(-c2cccc3c2sc2c(-c4ccc5c(c4)c4ccc6c7ccccc7c7cccc8c7c6c4n58)cccc23)cc1.c1ccc2c(c1)c1ccccc1c1cc(-c3ccc4c(c3)c3ccc5c6ccccc6c6cccc7c6c5c3n47)ccc21.c1ccc2c(c1)oc1c(-c3ccc4c(c3)c3ccc5c6ccccc6c6cccc7c6c5c3n47)cccc12. The molecule has 4 nitrogen and oxygen atoms in total. The van der Waals surface area contributed by atoms with Crippen LogP contribution < -0.4 is 0 Å². The molecule has 125 heavy (non-hydrogen) atoms. The maximum absolute atomic E-state index is 6.38. The molecule has 0 unspecified atom stereocenters. The molecule has 5 heteroatoms. The van der Waals surface area contributed by atoms with Crippen molar-refractivity contribution < 1.29 is 4.42 Å². The summed E-state index contributed by atoms with van der Waals surface area (Å²) in [7, 11) is 0. The summed E-state index contributed by atoms with van der Waals surface area (Å²) in [5, 5.41) is 45.1. The second-order valence-electron chi connectivity index (χ2n) is 34.6. The van der Waals surface area contributed by atoms with Crippen LogP contribution in [0.25, 0.3) is 298 Å². The monoisotopic (exact) mass is 1600 g/mol. The van der Waals surface area contributed by atoms with Crippen LogP contribution in [0.4, 0.5) is 0 Å². The van der Waals surface area contributed by atoms with Gasteiger partial charge >= 0.3 is 0 Å².